The van der Waals surface area contributed by atoms with E-state index in [2.05, 4.69) is 33.9 Å². The van der Waals surface area contributed by atoms with Crippen molar-refractivity contribution in [1.82, 2.24) is 0 Å². The monoisotopic (exact) mass is 482 g/mol. The number of Topliss-reactive ketones (excluding diaryl/α,β-unsaturated/α-hetero) is 2. The molecule has 1 aliphatic heterocycles. The van der Waals surface area contributed by atoms with Crippen molar-refractivity contribution in [2.24, 2.45) is 0 Å². The van der Waals surface area contributed by atoms with Crippen molar-refractivity contribution in [3.63, 3.8) is 0 Å². The first-order valence-electron chi connectivity index (χ1n) is 10.5. The molecule has 3 rings (SSSR count). The van der Waals surface area contributed by atoms with E-state index in [9.17, 15) is 9.59 Å². The van der Waals surface area contributed by atoms with Gasteiger partial charge in [-0.25, -0.2) is 0 Å². The highest BCUT2D eigenvalue weighted by molar-refractivity contribution is 8.03. The lowest BCUT2D eigenvalue weighted by molar-refractivity contribution is -0.115. The Morgan fingerprint density at radius 3 is 2.67 bits per heavy atom. The average molecular weight is 483 g/mol. The summed E-state index contributed by atoms with van der Waals surface area (Å²) in [6, 6.07) is 3.76. The molecule has 0 atom stereocenters. The summed E-state index contributed by atoms with van der Waals surface area (Å²) in [4.78, 5) is 28.1. The molecule has 2 aliphatic rings. The molecule has 164 valence electrons. The Labute approximate surface area is 194 Å². The van der Waals surface area contributed by atoms with E-state index in [1.165, 1.54) is 0 Å². The molecule has 0 saturated heterocycles. The highest BCUT2D eigenvalue weighted by Gasteiger charge is 2.37. The summed E-state index contributed by atoms with van der Waals surface area (Å²) >= 11 is 9.96. The molecule has 1 aliphatic carbocycles. The Morgan fingerprint density at radius 2 is 1.97 bits per heavy atom. The van der Waals surface area contributed by atoms with E-state index in [0.717, 1.165) is 46.1 Å². The Morgan fingerprint density at radius 1 is 1.23 bits per heavy atom. The number of hydrogen-bond donors (Lipinski definition) is 0. The minimum atomic E-state index is -1.80. The van der Waals surface area contributed by atoms with E-state index in [-0.39, 0.29) is 16.6 Å². The normalized spacial score (nSPS) is 17.5. The predicted molar refractivity (Wildman–Crippen MR) is 132 cm³/mol. The van der Waals surface area contributed by atoms with Crippen LogP contribution in [0.1, 0.15) is 56.0 Å². The van der Waals surface area contributed by atoms with Gasteiger partial charge in [0, 0.05) is 35.0 Å². The van der Waals surface area contributed by atoms with Crippen LogP contribution in [0.4, 0.5) is 0 Å². The molecule has 0 fully saturated rings. The van der Waals surface area contributed by atoms with Crippen molar-refractivity contribution in [3.8, 4) is 0 Å². The van der Waals surface area contributed by atoms with E-state index in [4.69, 9.17) is 16.0 Å². The van der Waals surface area contributed by atoms with Gasteiger partial charge < -0.3 is 4.43 Å². The topological polar surface area (TPSA) is 43.4 Å². The number of carbonyl (C=O) groups excluding carboxylic acids is 2. The van der Waals surface area contributed by atoms with Crippen molar-refractivity contribution in [2.45, 2.75) is 69.5 Å². The fraction of sp³-hybridized carbons (Fsp3) is 0.565. The second-order valence-corrected chi connectivity index (χ2v) is 16.9. The second kappa shape index (κ2) is 9.53. The molecule has 0 radical (unpaired) electrons. The predicted octanol–water partition coefficient (Wildman–Crippen LogP) is 6.93. The van der Waals surface area contributed by atoms with E-state index in [0.29, 0.717) is 29.2 Å². The van der Waals surface area contributed by atoms with Crippen molar-refractivity contribution >= 4 is 55.0 Å². The molecule has 3 nitrogen and oxygen atoms in total. The van der Waals surface area contributed by atoms with Gasteiger partial charge in [0.25, 0.3) is 0 Å². The quantitative estimate of drug-likeness (QED) is 0.182. The van der Waals surface area contributed by atoms with Crippen LogP contribution in [0.2, 0.25) is 23.2 Å². The molecule has 0 N–H and O–H groups in total. The van der Waals surface area contributed by atoms with E-state index >= 15 is 0 Å². The van der Waals surface area contributed by atoms with Gasteiger partial charge >= 0.3 is 0 Å². The van der Waals surface area contributed by atoms with E-state index in [1.807, 2.05) is 6.07 Å². The van der Waals surface area contributed by atoms with Crippen LogP contribution in [0.25, 0.3) is 0 Å². The first-order chi connectivity index (χ1) is 14.0. The molecule has 30 heavy (non-hydrogen) atoms. The van der Waals surface area contributed by atoms with Gasteiger partial charge in [-0.1, -0.05) is 32.4 Å². The van der Waals surface area contributed by atoms with Crippen LogP contribution in [0.5, 0.6) is 0 Å². The zero-order chi connectivity index (χ0) is 22.1. The van der Waals surface area contributed by atoms with E-state index < -0.39 is 8.32 Å². The molecule has 1 aromatic carbocycles. The summed E-state index contributed by atoms with van der Waals surface area (Å²) in [6.45, 7) is 11.8. The molecule has 0 aromatic heterocycles. The highest BCUT2D eigenvalue weighted by atomic mass is 35.5. The molecule has 0 amide bonds. The summed E-state index contributed by atoms with van der Waals surface area (Å²) < 4.78 is 6.26. The van der Waals surface area contributed by atoms with Crippen LogP contribution < -0.4 is 0 Å². The fourth-order valence-electron chi connectivity index (χ4n) is 3.44. The van der Waals surface area contributed by atoms with Gasteiger partial charge in [-0.15, -0.1) is 23.5 Å². The number of ketones is 2. The van der Waals surface area contributed by atoms with Gasteiger partial charge in [-0.2, -0.15) is 0 Å². The minimum Gasteiger partial charge on any atom is -0.416 e. The van der Waals surface area contributed by atoms with Crippen molar-refractivity contribution < 1.29 is 14.0 Å². The van der Waals surface area contributed by atoms with Crippen LogP contribution in [0.3, 0.4) is 0 Å². The van der Waals surface area contributed by atoms with Crippen LogP contribution in [0.15, 0.2) is 27.5 Å². The van der Waals surface area contributed by atoms with Gasteiger partial charge in [0.2, 0.25) is 0 Å². The molecule has 0 unspecified atom stereocenters. The number of halogens is 1. The van der Waals surface area contributed by atoms with Crippen LogP contribution in [-0.2, 0) is 15.6 Å². The van der Waals surface area contributed by atoms with Crippen molar-refractivity contribution in [2.75, 3.05) is 18.1 Å². The molecular weight excluding hydrogens is 452 g/mol. The summed E-state index contributed by atoms with van der Waals surface area (Å²) in [6.07, 6.45) is 2.88. The maximum Gasteiger partial charge on any atom is 0.198 e. The highest BCUT2D eigenvalue weighted by Crippen LogP contribution is 2.40. The number of rotatable bonds is 7. The SMILES string of the molecule is CC(C)(C)[Si](C)(C)OCCSC1=C(C(=O)c2ccc3c(c2Cl)CCS3)C(=O)CCC1. The summed E-state index contributed by atoms with van der Waals surface area (Å²) in [5, 5.41) is 0.695. The molecule has 7 heteroatoms. The third-order valence-corrected chi connectivity index (χ3v) is 13.5. The van der Waals surface area contributed by atoms with Crippen molar-refractivity contribution in [1.29, 1.82) is 0 Å². The van der Waals surface area contributed by atoms with Gasteiger partial charge in [0.1, 0.15) is 0 Å². The number of hydrogen-bond acceptors (Lipinski definition) is 5. The standard InChI is InChI=1S/C23H31ClO3S2Si/c1-23(2,3)30(4,5)27-12-14-29-19-8-6-7-17(25)20(19)22(26)16-9-10-18-15(21(16)24)11-13-28-18/h9-10H,6-8,11-14H2,1-5H3. The lowest BCUT2D eigenvalue weighted by atomic mass is 9.91. The zero-order valence-electron chi connectivity index (χ0n) is 18.5. The van der Waals surface area contributed by atoms with Gasteiger partial charge in [-0.05, 0) is 60.0 Å². The number of allylic oxidation sites excluding steroid dienone is 2. The summed E-state index contributed by atoms with van der Waals surface area (Å²) in [5.74, 6) is 1.48. The molecule has 1 aromatic rings. The molecule has 0 bridgehead atoms. The second-order valence-electron chi connectivity index (χ2n) is 9.36. The number of benzene rings is 1. The number of thioether (sulfide) groups is 2. The molecule has 1 heterocycles. The lowest BCUT2D eigenvalue weighted by Crippen LogP contribution is -2.41. The zero-order valence-corrected chi connectivity index (χ0v) is 21.9. The molecule has 0 spiro atoms. The number of carbonyl (C=O) groups is 2. The Kier molecular flexibility index (Phi) is 7.66. The van der Waals surface area contributed by atoms with Crippen LogP contribution in [-0.4, -0.2) is 38.0 Å². The third kappa shape index (κ3) is 5.09. The maximum absolute atomic E-state index is 13.4. The lowest BCUT2D eigenvalue weighted by Gasteiger charge is -2.36. The third-order valence-electron chi connectivity index (χ3n) is 6.28. The summed E-state index contributed by atoms with van der Waals surface area (Å²) in [5.41, 5.74) is 1.87. The van der Waals surface area contributed by atoms with Gasteiger partial charge in [0.05, 0.1) is 10.6 Å². The number of fused-ring (bicyclic) bond motifs is 1. The first-order valence-corrected chi connectivity index (χ1v) is 15.8. The first kappa shape index (κ1) is 24.1. The largest absolute Gasteiger partial charge is 0.416 e. The molecular formula is C23H31ClO3S2Si. The Balaban J connectivity index is 1.77. The van der Waals surface area contributed by atoms with Gasteiger partial charge in [-0.3, -0.25) is 9.59 Å². The molecule has 0 saturated carbocycles. The Hall–Kier alpha value is -0.533. The van der Waals surface area contributed by atoms with Crippen molar-refractivity contribution in [3.05, 3.63) is 38.8 Å². The summed E-state index contributed by atoms with van der Waals surface area (Å²) in [7, 11) is -1.80. The fourth-order valence-corrected chi connectivity index (χ4v) is 7.15. The Bertz CT molecular complexity index is 887. The average Bonchev–Trinajstić information content (AvgIpc) is 3.14. The smallest absolute Gasteiger partial charge is 0.198 e. The van der Waals surface area contributed by atoms with Crippen LogP contribution in [0, 0.1) is 0 Å². The van der Waals surface area contributed by atoms with E-state index in [1.54, 1.807) is 29.6 Å². The minimum absolute atomic E-state index is 0.0509. The van der Waals surface area contributed by atoms with Gasteiger partial charge in [0.15, 0.2) is 19.9 Å². The van der Waals surface area contributed by atoms with Crippen LogP contribution >= 0.6 is 35.1 Å². The maximum atomic E-state index is 13.4.